The molecule has 0 saturated heterocycles. The van der Waals surface area contributed by atoms with Gasteiger partial charge in [0.15, 0.2) is 0 Å². The fraction of sp³-hybridized carbons (Fsp3) is 0.417. The summed E-state index contributed by atoms with van der Waals surface area (Å²) in [7, 11) is 0. The van der Waals surface area contributed by atoms with Crippen molar-refractivity contribution < 1.29 is 20.1 Å². The summed E-state index contributed by atoms with van der Waals surface area (Å²) in [5.41, 5.74) is 5.30. The van der Waals surface area contributed by atoms with Gasteiger partial charge in [-0.25, -0.2) is 4.79 Å². The summed E-state index contributed by atoms with van der Waals surface area (Å²) >= 11 is 3.13. The Morgan fingerprint density at radius 2 is 2.00 bits per heavy atom. The first kappa shape index (κ1) is 18.2. The molecule has 0 amide bonds. The normalized spacial score (nSPS) is 12.7. The first-order valence-electron chi connectivity index (χ1n) is 5.33. The zero-order chi connectivity index (χ0) is 14.1. The number of nitrogens with two attached hydrogens (primary N) is 1. The molecule has 5 N–H and O–H groups in total. The molecule has 0 unspecified atom stereocenters. The van der Waals surface area contributed by atoms with Crippen LogP contribution in [-0.2, 0) is 0 Å². The molecule has 0 aliphatic rings. The largest absolute Gasteiger partial charge is 0.506 e. The smallest absolute Gasteiger partial charge is 0.336 e. The number of aromatic carboxylic acids is 1. The Kier molecular flexibility index (Phi) is 6.28. The second kappa shape index (κ2) is 6.56. The van der Waals surface area contributed by atoms with Crippen LogP contribution < -0.4 is 5.73 Å². The van der Waals surface area contributed by atoms with Crippen molar-refractivity contribution in [1.82, 2.24) is 0 Å². The quantitative estimate of drug-likeness (QED) is 0.664. The summed E-state index contributed by atoms with van der Waals surface area (Å²) in [5, 5.41) is 28.4. The van der Waals surface area contributed by atoms with Gasteiger partial charge in [-0.15, -0.1) is 12.4 Å². The van der Waals surface area contributed by atoms with E-state index in [0.717, 1.165) is 0 Å². The number of hydrogen-bond acceptors (Lipinski definition) is 4. The van der Waals surface area contributed by atoms with E-state index < -0.39 is 17.4 Å². The van der Waals surface area contributed by atoms with E-state index in [2.05, 4.69) is 15.9 Å². The predicted molar refractivity (Wildman–Crippen MR) is 77.8 cm³/mol. The number of aliphatic hydroxyl groups excluding tert-OH is 1. The monoisotopic (exact) mass is 353 g/mol. The number of rotatable bonds is 4. The summed E-state index contributed by atoms with van der Waals surface area (Å²) in [4.78, 5) is 11.2. The molecule has 1 aromatic carbocycles. The molecular weight excluding hydrogens is 337 g/mol. The molecule has 0 fully saturated rings. The topological polar surface area (TPSA) is 104 Å². The van der Waals surface area contributed by atoms with Crippen LogP contribution in [-0.4, -0.2) is 27.9 Å². The molecule has 0 bridgehead atoms. The zero-order valence-corrected chi connectivity index (χ0v) is 13.0. The molecule has 108 valence electrons. The lowest BCUT2D eigenvalue weighted by Crippen LogP contribution is -2.33. The van der Waals surface area contributed by atoms with Gasteiger partial charge in [-0.3, -0.25) is 0 Å². The molecule has 0 aromatic heterocycles. The van der Waals surface area contributed by atoms with E-state index in [1.54, 1.807) is 13.8 Å². The highest BCUT2D eigenvalue weighted by atomic mass is 79.9. The first-order valence-corrected chi connectivity index (χ1v) is 6.12. The highest BCUT2D eigenvalue weighted by Crippen LogP contribution is 2.40. The first-order chi connectivity index (χ1) is 8.22. The van der Waals surface area contributed by atoms with E-state index in [1.165, 1.54) is 12.1 Å². The average Bonchev–Trinajstić information content (AvgIpc) is 2.31. The summed E-state index contributed by atoms with van der Waals surface area (Å²) in [6, 6.07) is 2.02. The van der Waals surface area contributed by atoms with Gasteiger partial charge in [-0.05, 0) is 28.1 Å². The van der Waals surface area contributed by atoms with E-state index in [4.69, 9.17) is 10.8 Å². The number of phenolic OH excluding ortho intramolecular Hbond substituents is 1. The van der Waals surface area contributed by atoms with Crippen LogP contribution in [0.2, 0.25) is 0 Å². The van der Waals surface area contributed by atoms with E-state index in [-0.39, 0.29) is 35.9 Å². The number of aromatic hydroxyl groups is 1. The minimum absolute atomic E-state index is 0. The number of carboxylic acids is 1. The van der Waals surface area contributed by atoms with Crippen molar-refractivity contribution in [3.63, 3.8) is 0 Å². The fourth-order valence-corrected chi connectivity index (χ4v) is 1.92. The van der Waals surface area contributed by atoms with Gasteiger partial charge < -0.3 is 21.1 Å². The Morgan fingerprint density at radius 1 is 1.47 bits per heavy atom. The van der Waals surface area contributed by atoms with Crippen LogP contribution in [0.3, 0.4) is 0 Å². The molecule has 0 heterocycles. The molecule has 0 aliphatic heterocycles. The molecule has 5 nitrogen and oxygen atoms in total. The molecule has 1 rings (SSSR count). The Morgan fingerprint density at radius 3 is 2.42 bits per heavy atom. The van der Waals surface area contributed by atoms with Gasteiger partial charge >= 0.3 is 5.97 Å². The highest BCUT2D eigenvalue weighted by molar-refractivity contribution is 9.10. The third kappa shape index (κ3) is 3.60. The predicted octanol–water partition coefficient (Wildman–Crippen LogP) is 2.29. The lowest BCUT2D eigenvalue weighted by Gasteiger charge is -2.31. The van der Waals surface area contributed by atoms with Gasteiger partial charge in [-0.1, -0.05) is 13.8 Å². The molecule has 7 heteroatoms. The lowest BCUT2D eigenvalue weighted by atomic mass is 9.80. The Bertz CT molecular complexity index is 479. The minimum Gasteiger partial charge on any atom is -0.506 e. The van der Waals surface area contributed by atoms with Crippen LogP contribution in [0.15, 0.2) is 16.6 Å². The number of phenols is 1. The van der Waals surface area contributed by atoms with Crippen LogP contribution in [0.5, 0.6) is 5.75 Å². The van der Waals surface area contributed by atoms with Gasteiger partial charge in [-0.2, -0.15) is 0 Å². The van der Waals surface area contributed by atoms with Crippen molar-refractivity contribution in [2.24, 2.45) is 11.1 Å². The van der Waals surface area contributed by atoms with E-state index >= 15 is 0 Å². The summed E-state index contributed by atoms with van der Waals surface area (Å²) in [5.74, 6) is -1.37. The van der Waals surface area contributed by atoms with Crippen molar-refractivity contribution in [3.05, 3.63) is 27.7 Å². The second-order valence-corrected chi connectivity index (χ2v) is 5.64. The van der Waals surface area contributed by atoms with Crippen molar-refractivity contribution in [2.45, 2.75) is 19.9 Å². The maximum Gasteiger partial charge on any atom is 0.336 e. The third-order valence-corrected chi connectivity index (χ3v) is 3.60. The van der Waals surface area contributed by atoms with Gasteiger partial charge in [0.2, 0.25) is 0 Å². The van der Waals surface area contributed by atoms with Crippen LogP contribution >= 0.6 is 28.3 Å². The fourth-order valence-electron chi connectivity index (χ4n) is 1.57. The van der Waals surface area contributed by atoms with E-state index in [0.29, 0.717) is 4.47 Å². The average molecular weight is 355 g/mol. The van der Waals surface area contributed by atoms with Crippen LogP contribution in [0.25, 0.3) is 0 Å². The molecule has 1 atom stereocenters. The SMILES string of the molecule is CC(C)(CO)[C@@H](N)c1c(C(=O)O)ccc(Br)c1O.Cl. The second-order valence-electron chi connectivity index (χ2n) is 4.79. The summed E-state index contributed by atoms with van der Waals surface area (Å²) in [6.07, 6.45) is 0. The Labute approximate surface area is 126 Å². The maximum absolute atomic E-state index is 11.2. The summed E-state index contributed by atoms with van der Waals surface area (Å²) < 4.78 is 0.367. The molecule has 0 saturated carbocycles. The number of aliphatic hydroxyl groups is 1. The standard InChI is InChI=1S/C12H16BrNO4.ClH/c1-12(2,5-15)10(14)8-6(11(17)18)3-4-7(13)9(8)16;/h3-4,10,15-16H,5,14H2,1-2H3,(H,17,18);1H/t10-;/m0./s1. The van der Waals surface area contributed by atoms with E-state index in [9.17, 15) is 15.0 Å². The van der Waals surface area contributed by atoms with Gasteiger partial charge in [0.25, 0.3) is 0 Å². The number of halogens is 2. The third-order valence-electron chi connectivity index (χ3n) is 2.96. The van der Waals surface area contributed by atoms with Gasteiger partial charge in [0.05, 0.1) is 10.0 Å². The minimum atomic E-state index is -1.17. The van der Waals surface area contributed by atoms with Crippen LogP contribution in [0.4, 0.5) is 0 Å². The Balaban J connectivity index is 0.00000324. The van der Waals surface area contributed by atoms with Crippen molar-refractivity contribution in [2.75, 3.05) is 6.61 Å². The molecule has 0 aliphatic carbocycles. The van der Waals surface area contributed by atoms with E-state index in [1.807, 2.05) is 0 Å². The maximum atomic E-state index is 11.2. The number of carbonyl (C=O) groups is 1. The number of carboxylic acid groups (broad SMARTS) is 1. The van der Waals surface area contributed by atoms with Gasteiger partial charge in [0.1, 0.15) is 5.75 Å². The summed E-state index contributed by atoms with van der Waals surface area (Å²) in [6.45, 7) is 3.17. The van der Waals surface area contributed by atoms with Gasteiger partial charge in [0, 0.05) is 23.6 Å². The van der Waals surface area contributed by atoms with Crippen molar-refractivity contribution in [3.8, 4) is 5.75 Å². The molecule has 1 aromatic rings. The molecular formula is C12H17BrClNO4. The number of benzene rings is 1. The molecule has 0 spiro atoms. The van der Waals surface area contributed by atoms with Crippen LogP contribution in [0, 0.1) is 5.41 Å². The number of hydrogen-bond donors (Lipinski definition) is 4. The van der Waals surface area contributed by atoms with Crippen molar-refractivity contribution >= 4 is 34.3 Å². The zero-order valence-electron chi connectivity index (χ0n) is 10.6. The Hall–Kier alpha value is -0.820. The molecule has 0 radical (unpaired) electrons. The van der Waals surface area contributed by atoms with Crippen molar-refractivity contribution in [1.29, 1.82) is 0 Å². The lowest BCUT2D eigenvalue weighted by molar-refractivity contribution is 0.0690. The molecule has 19 heavy (non-hydrogen) atoms. The highest BCUT2D eigenvalue weighted by Gasteiger charge is 2.32. The van der Waals surface area contributed by atoms with Crippen LogP contribution in [0.1, 0.15) is 35.8 Å².